The lowest BCUT2D eigenvalue weighted by Gasteiger charge is -2.20. The highest BCUT2D eigenvalue weighted by Gasteiger charge is 2.15. The number of aliphatic hydroxyl groups is 1. The van der Waals surface area contributed by atoms with E-state index in [9.17, 15) is 5.11 Å². The van der Waals surface area contributed by atoms with Crippen molar-refractivity contribution in [2.24, 2.45) is 0 Å². The first-order chi connectivity index (χ1) is 10.2. The molecule has 0 saturated heterocycles. The molecular formula is C17H18O4. The average Bonchev–Trinajstić information content (AvgIpc) is 2.52. The quantitative estimate of drug-likeness (QED) is 0.939. The number of aryl methyl sites for hydroxylation is 1. The van der Waals surface area contributed by atoms with Gasteiger partial charge >= 0.3 is 0 Å². The van der Waals surface area contributed by atoms with Gasteiger partial charge in [-0.3, -0.25) is 0 Å². The Balaban J connectivity index is 1.66. The summed E-state index contributed by atoms with van der Waals surface area (Å²) in [6.45, 7) is 3.30. The predicted octanol–water partition coefficient (Wildman–Crippen LogP) is 2.88. The molecule has 0 fully saturated rings. The Morgan fingerprint density at radius 1 is 1.10 bits per heavy atom. The Morgan fingerprint density at radius 2 is 1.90 bits per heavy atom. The molecular weight excluding hydrogens is 268 g/mol. The van der Waals surface area contributed by atoms with Gasteiger partial charge in [0.1, 0.15) is 31.7 Å². The third-order valence-corrected chi connectivity index (χ3v) is 3.35. The minimum atomic E-state index is -0.707. The molecule has 1 aliphatic rings. The summed E-state index contributed by atoms with van der Waals surface area (Å²) in [5, 5.41) is 10.2. The first-order valence-corrected chi connectivity index (χ1v) is 6.99. The molecule has 110 valence electrons. The average molecular weight is 286 g/mol. The summed E-state index contributed by atoms with van der Waals surface area (Å²) >= 11 is 0. The van der Waals surface area contributed by atoms with Crippen LogP contribution in [-0.2, 0) is 0 Å². The van der Waals surface area contributed by atoms with Crippen molar-refractivity contribution in [2.45, 2.75) is 13.0 Å². The molecule has 21 heavy (non-hydrogen) atoms. The molecule has 1 unspecified atom stereocenters. The van der Waals surface area contributed by atoms with Crippen LogP contribution in [0.3, 0.4) is 0 Å². The number of hydrogen-bond donors (Lipinski definition) is 1. The monoisotopic (exact) mass is 286 g/mol. The van der Waals surface area contributed by atoms with Crippen molar-refractivity contribution in [3.8, 4) is 17.2 Å². The number of rotatable bonds is 4. The molecule has 0 aromatic heterocycles. The number of ether oxygens (including phenoxy) is 3. The van der Waals surface area contributed by atoms with Gasteiger partial charge in [0.15, 0.2) is 11.5 Å². The molecule has 1 aliphatic heterocycles. The third kappa shape index (κ3) is 3.28. The fraction of sp³-hybridized carbons (Fsp3) is 0.294. The molecule has 4 heteroatoms. The second-order valence-electron chi connectivity index (χ2n) is 5.05. The van der Waals surface area contributed by atoms with E-state index in [4.69, 9.17) is 14.2 Å². The van der Waals surface area contributed by atoms with Gasteiger partial charge in [0.25, 0.3) is 0 Å². The number of fused-ring (bicyclic) bond motifs is 1. The third-order valence-electron chi connectivity index (χ3n) is 3.35. The summed E-state index contributed by atoms with van der Waals surface area (Å²) < 4.78 is 16.6. The first kappa shape index (κ1) is 13.8. The van der Waals surface area contributed by atoms with Crippen molar-refractivity contribution in [3.63, 3.8) is 0 Å². The van der Waals surface area contributed by atoms with Gasteiger partial charge in [0.2, 0.25) is 0 Å². The van der Waals surface area contributed by atoms with Crippen LogP contribution in [0, 0.1) is 6.92 Å². The Labute approximate surface area is 123 Å². The number of hydrogen-bond acceptors (Lipinski definition) is 4. The summed E-state index contributed by atoms with van der Waals surface area (Å²) in [5.74, 6) is 2.15. The molecule has 1 heterocycles. The maximum atomic E-state index is 10.2. The van der Waals surface area contributed by atoms with Crippen LogP contribution in [0.2, 0.25) is 0 Å². The molecule has 4 nitrogen and oxygen atoms in total. The van der Waals surface area contributed by atoms with Gasteiger partial charge in [-0.1, -0.05) is 18.2 Å². The van der Waals surface area contributed by atoms with Crippen molar-refractivity contribution in [1.29, 1.82) is 0 Å². The molecule has 0 aliphatic carbocycles. The van der Waals surface area contributed by atoms with Crippen molar-refractivity contribution in [3.05, 3.63) is 53.6 Å². The van der Waals surface area contributed by atoms with Crippen LogP contribution in [-0.4, -0.2) is 24.9 Å². The summed E-state index contributed by atoms with van der Waals surface area (Å²) in [4.78, 5) is 0. The van der Waals surface area contributed by atoms with Crippen LogP contribution in [0.25, 0.3) is 0 Å². The highest BCUT2D eigenvalue weighted by Crippen LogP contribution is 2.32. The van der Waals surface area contributed by atoms with Gasteiger partial charge in [0, 0.05) is 0 Å². The molecule has 3 rings (SSSR count). The summed E-state index contributed by atoms with van der Waals surface area (Å²) in [5.41, 5.74) is 1.88. The zero-order valence-electron chi connectivity index (χ0n) is 11.9. The van der Waals surface area contributed by atoms with Crippen molar-refractivity contribution < 1.29 is 19.3 Å². The smallest absolute Gasteiger partial charge is 0.161 e. The van der Waals surface area contributed by atoms with E-state index in [1.807, 2.05) is 43.3 Å². The lowest BCUT2D eigenvalue weighted by Crippen LogP contribution is -2.16. The highest BCUT2D eigenvalue weighted by atomic mass is 16.6. The topological polar surface area (TPSA) is 47.9 Å². The molecule has 0 amide bonds. The summed E-state index contributed by atoms with van der Waals surface area (Å²) in [6, 6.07) is 13.2. The van der Waals surface area contributed by atoms with Crippen LogP contribution >= 0.6 is 0 Å². The Morgan fingerprint density at radius 3 is 2.71 bits per heavy atom. The van der Waals surface area contributed by atoms with E-state index in [0.29, 0.717) is 19.0 Å². The van der Waals surface area contributed by atoms with E-state index in [1.54, 1.807) is 6.07 Å². The highest BCUT2D eigenvalue weighted by molar-refractivity contribution is 5.44. The standard InChI is InChI=1S/C17H18O4/c1-12-3-2-4-14(9-12)21-11-15(18)13-5-6-16-17(10-13)20-8-7-19-16/h2-6,9-10,15,18H,7-8,11H2,1H3. The second kappa shape index (κ2) is 6.06. The fourth-order valence-electron chi connectivity index (χ4n) is 2.24. The Hall–Kier alpha value is -2.20. The summed E-state index contributed by atoms with van der Waals surface area (Å²) in [7, 11) is 0. The SMILES string of the molecule is Cc1cccc(OCC(O)c2ccc3c(c2)OCCO3)c1. The molecule has 2 aromatic carbocycles. The molecule has 0 radical (unpaired) electrons. The van der Waals surface area contributed by atoms with Crippen LogP contribution in [0.4, 0.5) is 0 Å². The van der Waals surface area contributed by atoms with Gasteiger partial charge in [0.05, 0.1) is 0 Å². The van der Waals surface area contributed by atoms with E-state index in [1.165, 1.54) is 0 Å². The molecule has 2 aromatic rings. The molecule has 0 spiro atoms. The zero-order chi connectivity index (χ0) is 14.7. The lowest BCUT2D eigenvalue weighted by atomic mass is 10.1. The van der Waals surface area contributed by atoms with Crippen LogP contribution in [0.1, 0.15) is 17.2 Å². The number of benzene rings is 2. The van der Waals surface area contributed by atoms with Gasteiger partial charge < -0.3 is 19.3 Å². The second-order valence-corrected chi connectivity index (χ2v) is 5.05. The minimum absolute atomic E-state index is 0.198. The van der Waals surface area contributed by atoms with Crippen molar-refractivity contribution in [1.82, 2.24) is 0 Å². The number of aliphatic hydroxyl groups excluding tert-OH is 1. The predicted molar refractivity (Wildman–Crippen MR) is 79.1 cm³/mol. The van der Waals surface area contributed by atoms with E-state index in [-0.39, 0.29) is 6.61 Å². The molecule has 1 N–H and O–H groups in total. The van der Waals surface area contributed by atoms with Crippen LogP contribution in [0.15, 0.2) is 42.5 Å². The van der Waals surface area contributed by atoms with E-state index in [0.717, 1.165) is 22.6 Å². The van der Waals surface area contributed by atoms with Crippen molar-refractivity contribution in [2.75, 3.05) is 19.8 Å². The van der Waals surface area contributed by atoms with Crippen LogP contribution < -0.4 is 14.2 Å². The lowest BCUT2D eigenvalue weighted by molar-refractivity contribution is 0.107. The first-order valence-electron chi connectivity index (χ1n) is 6.99. The normalized spacial score (nSPS) is 14.6. The minimum Gasteiger partial charge on any atom is -0.491 e. The van der Waals surface area contributed by atoms with Gasteiger partial charge in [-0.15, -0.1) is 0 Å². The molecule has 0 saturated carbocycles. The van der Waals surface area contributed by atoms with E-state index >= 15 is 0 Å². The maximum Gasteiger partial charge on any atom is 0.161 e. The van der Waals surface area contributed by atoms with Gasteiger partial charge in [-0.25, -0.2) is 0 Å². The van der Waals surface area contributed by atoms with Crippen molar-refractivity contribution >= 4 is 0 Å². The van der Waals surface area contributed by atoms with Crippen LogP contribution in [0.5, 0.6) is 17.2 Å². The Bertz CT molecular complexity index is 624. The maximum absolute atomic E-state index is 10.2. The fourth-order valence-corrected chi connectivity index (χ4v) is 2.24. The molecule has 1 atom stereocenters. The summed E-state index contributed by atoms with van der Waals surface area (Å²) in [6.07, 6.45) is -0.707. The Kier molecular flexibility index (Phi) is 3.97. The van der Waals surface area contributed by atoms with Gasteiger partial charge in [-0.05, 0) is 42.3 Å². The molecule has 0 bridgehead atoms. The van der Waals surface area contributed by atoms with E-state index in [2.05, 4.69) is 0 Å². The zero-order valence-corrected chi connectivity index (χ0v) is 11.9. The van der Waals surface area contributed by atoms with E-state index < -0.39 is 6.10 Å². The largest absolute Gasteiger partial charge is 0.491 e. The van der Waals surface area contributed by atoms with Gasteiger partial charge in [-0.2, -0.15) is 0 Å².